The van der Waals surface area contributed by atoms with Gasteiger partial charge in [0.1, 0.15) is 0 Å². The van der Waals surface area contributed by atoms with Crippen LogP contribution < -0.4 is 15.4 Å². The van der Waals surface area contributed by atoms with Crippen molar-refractivity contribution in [2.45, 2.75) is 44.8 Å². The predicted octanol–water partition coefficient (Wildman–Crippen LogP) is 1.58. The Bertz CT molecular complexity index is 657. The number of carbonyl (C=O) groups excluding carboxylic acids is 2. The van der Waals surface area contributed by atoms with Crippen molar-refractivity contribution in [3.63, 3.8) is 0 Å². The Morgan fingerprint density at radius 1 is 1.16 bits per heavy atom. The zero-order valence-corrected chi connectivity index (χ0v) is 15.7. The molecule has 0 saturated carbocycles. The van der Waals surface area contributed by atoms with E-state index in [2.05, 4.69) is 15.4 Å². The highest BCUT2D eigenvalue weighted by molar-refractivity contribution is 7.90. The van der Waals surface area contributed by atoms with Crippen molar-refractivity contribution >= 4 is 28.0 Å². The molecule has 0 aliphatic carbocycles. The molecular formula is C17H27N3O4S. The maximum Gasteiger partial charge on any atom is 0.224 e. The third kappa shape index (κ3) is 7.66. The summed E-state index contributed by atoms with van der Waals surface area (Å²) in [6.45, 7) is 6.02. The second-order valence-electron chi connectivity index (χ2n) is 6.19. The summed E-state index contributed by atoms with van der Waals surface area (Å²) in [5.74, 6) is -0.0918. The monoisotopic (exact) mass is 369 g/mol. The van der Waals surface area contributed by atoms with Crippen LogP contribution in [-0.2, 0) is 19.6 Å². The molecule has 0 aliphatic rings. The van der Waals surface area contributed by atoms with E-state index in [4.69, 9.17) is 0 Å². The molecule has 2 amide bonds. The molecule has 1 aromatic carbocycles. The van der Waals surface area contributed by atoms with Gasteiger partial charge in [-0.25, -0.2) is 13.1 Å². The van der Waals surface area contributed by atoms with Gasteiger partial charge >= 0.3 is 0 Å². The Balaban J connectivity index is 2.49. The first-order valence-electron chi connectivity index (χ1n) is 8.31. The lowest BCUT2D eigenvalue weighted by molar-refractivity contribution is -0.116. The van der Waals surface area contributed by atoms with E-state index in [-0.39, 0.29) is 11.8 Å². The summed E-state index contributed by atoms with van der Waals surface area (Å²) < 4.78 is 26.2. The van der Waals surface area contributed by atoms with Crippen molar-refractivity contribution in [3.8, 4) is 0 Å². The number of rotatable bonds is 11. The molecule has 3 N–H and O–H groups in total. The molecule has 0 aromatic heterocycles. The van der Waals surface area contributed by atoms with E-state index in [1.807, 2.05) is 19.1 Å². The zero-order chi connectivity index (χ0) is 18.9. The summed E-state index contributed by atoms with van der Waals surface area (Å²) >= 11 is 0. The van der Waals surface area contributed by atoms with Gasteiger partial charge in [-0.2, -0.15) is 0 Å². The van der Waals surface area contributed by atoms with Crippen molar-refractivity contribution in [2.75, 3.05) is 18.4 Å². The topological polar surface area (TPSA) is 104 Å². The van der Waals surface area contributed by atoms with Crippen LogP contribution in [0.3, 0.4) is 0 Å². The smallest absolute Gasteiger partial charge is 0.224 e. The van der Waals surface area contributed by atoms with Crippen LogP contribution in [0.2, 0.25) is 0 Å². The SMILES string of the molecule is CC(CNS(=O)(=O)C(C)C)c1ccc(NC(=O)CCCNC=O)cc1. The normalized spacial score (nSPS) is 12.6. The molecule has 25 heavy (non-hydrogen) atoms. The van der Waals surface area contributed by atoms with Crippen molar-refractivity contribution in [1.82, 2.24) is 10.0 Å². The Hall–Kier alpha value is -1.93. The van der Waals surface area contributed by atoms with Gasteiger partial charge in [0.2, 0.25) is 22.3 Å². The zero-order valence-electron chi connectivity index (χ0n) is 14.9. The average molecular weight is 369 g/mol. The van der Waals surface area contributed by atoms with Crippen molar-refractivity contribution in [3.05, 3.63) is 29.8 Å². The van der Waals surface area contributed by atoms with Crippen molar-refractivity contribution in [1.29, 1.82) is 0 Å². The van der Waals surface area contributed by atoms with Gasteiger partial charge in [0.05, 0.1) is 5.25 Å². The predicted molar refractivity (Wildman–Crippen MR) is 98.8 cm³/mol. The molecular weight excluding hydrogens is 342 g/mol. The van der Waals surface area contributed by atoms with Crippen LogP contribution >= 0.6 is 0 Å². The second-order valence-corrected chi connectivity index (χ2v) is 8.51. The third-order valence-corrected chi connectivity index (χ3v) is 5.59. The Labute approximate surface area is 149 Å². The van der Waals surface area contributed by atoms with Crippen LogP contribution in [0.1, 0.15) is 45.1 Å². The maximum atomic E-state index is 11.8. The highest BCUT2D eigenvalue weighted by Gasteiger charge is 2.17. The number of hydrogen-bond acceptors (Lipinski definition) is 4. The fourth-order valence-electron chi connectivity index (χ4n) is 2.05. The molecule has 1 rings (SSSR count). The van der Waals surface area contributed by atoms with Crippen LogP contribution in [0.5, 0.6) is 0 Å². The number of benzene rings is 1. The largest absolute Gasteiger partial charge is 0.359 e. The third-order valence-electron chi connectivity index (χ3n) is 3.78. The number of hydrogen-bond donors (Lipinski definition) is 3. The lowest BCUT2D eigenvalue weighted by Crippen LogP contribution is -2.33. The van der Waals surface area contributed by atoms with Crippen LogP contribution in [0.25, 0.3) is 0 Å². The highest BCUT2D eigenvalue weighted by atomic mass is 32.2. The van der Waals surface area contributed by atoms with E-state index < -0.39 is 15.3 Å². The summed E-state index contributed by atoms with van der Waals surface area (Å²) in [4.78, 5) is 21.9. The molecule has 0 aliphatic heterocycles. The van der Waals surface area contributed by atoms with Crippen molar-refractivity contribution < 1.29 is 18.0 Å². The van der Waals surface area contributed by atoms with Gasteiger partial charge < -0.3 is 10.6 Å². The summed E-state index contributed by atoms with van der Waals surface area (Å²) in [7, 11) is -3.27. The summed E-state index contributed by atoms with van der Waals surface area (Å²) in [5, 5.41) is 4.84. The molecule has 0 bridgehead atoms. The average Bonchev–Trinajstić information content (AvgIpc) is 2.57. The van der Waals surface area contributed by atoms with E-state index in [0.717, 1.165) is 5.56 Å². The lowest BCUT2D eigenvalue weighted by Gasteiger charge is -2.15. The van der Waals surface area contributed by atoms with Gasteiger partial charge in [-0.05, 0) is 43.9 Å². The number of sulfonamides is 1. The summed E-state index contributed by atoms with van der Waals surface area (Å²) in [6.07, 6.45) is 1.52. The molecule has 7 nitrogen and oxygen atoms in total. The maximum absolute atomic E-state index is 11.8. The van der Waals surface area contributed by atoms with Gasteiger partial charge in [0.25, 0.3) is 0 Å². The molecule has 0 heterocycles. The van der Waals surface area contributed by atoms with E-state index in [1.54, 1.807) is 26.0 Å². The summed E-state index contributed by atoms with van der Waals surface area (Å²) in [6, 6.07) is 7.34. The molecule has 0 fully saturated rings. The minimum Gasteiger partial charge on any atom is -0.359 e. The number of anilines is 1. The number of carbonyl (C=O) groups is 2. The highest BCUT2D eigenvalue weighted by Crippen LogP contribution is 2.18. The molecule has 1 unspecified atom stereocenters. The number of nitrogens with one attached hydrogen (secondary N) is 3. The minimum absolute atomic E-state index is 0.0210. The minimum atomic E-state index is -3.27. The van der Waals surface area contributed by atoms with Crippen molar-refractivity contribution in [2.24, 2.45) is 0 Å². The standard InChI is InChI=1S/C17H27N3O4S/c1-13(2)25(23,24)19-11-14(3)15-6-8-16(9-7-15)20-17(22)5-4-10-18-12-21/h6-9,12-14,19H,4-5,10-11H2,1-3H3,(H,18,21)(H,20,22). The fourth-order valence-corrected chi connectivity index (χ4v) is 2.87. The first-order valence-corrected chi connectivity index (χ1v) is 9.86. The van der Waals surface area contributed by atoms with Gasteiger partial charge in [-0.3, -0.25) is 9.59 Å². The molecule has 0 spiro atoms. The Kier molecular flexibility index (Phi) is 8.57. The van der Waals surface area contributed by atoms with Crippen LogP contribution in [0.15, 0.2) is 24.3 Å². The Morgan fingerprint density at radius 2 is 1.80 bits per heavy atom. The van der Waals surface area contributed by atoms with Crippen LogP contribution in [0, 0.1) is 0 Å². The fraction of sp³-hybridized carbons (Fsp3) is 0.529. The molecule has 0 saturated heterocycles. The summed E-state index contributed by atoms with van der Waals surface area (Å²) in [5.41, 5.74) is 1.67. The quantitative estimate of drug-likeness (QED) is 0.407. The van der Waals surface area contributed by atoms with E-state index >= 15 is 0 Å². The van der Waals surface area contributed by atoms with Gasteiger partial charge in [-0.1, -0.05) is 19.1 Å². The van der Waals surface area contributed by atoms with E-state index in [0.29, 0.717) is 38.0 Å². The van der Waals surface area contributed by atoms with E-state index in [9.17, 15) is 18.0 Å². The van der Waals surface area contributed by atoms with Gasteiger partial charge in [-0.15, -0.1) is 0 Å². The molecule has 1 atom stereocenters. The lowest BCUT2D eigenvalue weighted by atomic mass is 10.0. The number of amides is 2. The Morgan fingerprint density at radius 3 is 2.36 bits per heavy atom. The van der Waals surface area contributed by atoms with E-state index in [1.165, 1.54) is 0 Å². The first-order chi connectivity index (χ1) is 11.8. The van der Waals surface area contributed by atoms with Crippen LogP contribution in [-0.4, -0.2) is 39.1 Å². The molecule has 0 radical (unpaired) electrons. The van der Waals surface area contributed by atoms with Crippen LogP contribution in [0.4, 0.5) is 5.69 Å². The molecule has 1 aromatic rings. The second kappa shape index (κ2) is 10.1. The molecule has 8 heteroatoms. The first kappa shape index (κ1) is 21.1. The van der Waals surface area contributed by atoms with Gasteiger partial charge in [0, 0.05) is 25.2 Å². The molecule has 140 valence electrons. The van der Waals surface area contributed by atoms with Gasteiger partial charge in [0.15, 0.2) is 0 Å².